The second-order valence-corrected chi connectivity index (χ2v) is 4.13. The highest BCUT2D eigenvalue weighted by molar-refractivity contribution is 7.87. The molecule has 4 nitrogen and oxygen atoms in total. The Kier molecular flexibility index (Phi) is 4.77. The normalized spacial score (nSPS) is 11.7. The smallest absolute Gasteiger partial charge is 0.321 e. The SMILES string of the molecule is COc1ccc(C(=S)C(S)C(=O)O)c(OC)c1. The number of thiocarbonyl (C=S) groups is 1. The number of ether oxygens (including phenoxy) is 2. The van der Waals surface area contributed by atoms with E-state index >= 15 is 0 Å². The van der Waals surface area contributed by atoms with Crippen LogP contribution >= 0.6 is 24.8 Å². The van der Waals surface area contributed by atoms with Crippen LogP contribution < -0.4 is 9.47 Å². The maximum Gasteiger partial charge on any atom is 0.321 e. The van der Waals surface area contributed by atoms with E-state index in [2.05, 4.69) is 12.6 Å². The molecule has 0 bridgehead atoms. The molecule has 1 rings (SSSR count). The van der Waals surface area contributed by atoms with E-state index in [9.17, 15) is 4.79 Å². The molecule has 1 aromatic carbocycles. The van der Waals surface area contributed by atoms with Crippen molar-refractivity contribution < 1.29 is 19.4 Å². The number of carbonyl (C=O) groups is 1. The van der Waals surface area contributed by atoms with Gasteiger partial charge in [-0.25, -0.2) is 0 Å². The van der Waals surface area contributed by atoms with Gasteiger partial charge in [-0.15, -0.1) is 0 Å². The predicted octanol–water partition coefficient (Wildman–Crippen LogP) is 1.80. The lowest BCUT2D eigenvalue weighted by Gasteiger charge is -2.13. The molecule has 0 fully saturated rings. The van der Waals surface area contributed by atoms with Crippen LogP contribution in [-0.4, -0.2) is 35.4 Å². The number of carboxylic acids is 1. The van der Waals surface area contributed by atoms with Gasteiger partial charge in [0.15, 0.2) is 0 Å². The minimum atomic E-state index is -1.09. The van der Waals surface area contributed by atoms with Crippen molar-refractivity contribution in [3.8, 4) is 11.5 Å². The summed E-state index contributed by atoms with van der Waals surface area (Å²) in [4.78, 5) is 11.0. The quantitative estimate of drug-likeness (QED) is 0.486. The van der Waals surface area contributed by atoms with Gasteiger partial charge in [-0.3, -0.25) is 4.79 Å². The van der Waals surface area contributed by atoms with Crippen LogP contribution in [0, 0.1) is 0 Å². The Bertz CT molecular complexity index is 445. The van der Waals surface area contributed by atoms with Crippen LogP contribution in [0.1, 0.15) is 5.56 Å². The monoisotopic (exact) mass is 272 g/mol. The van der Waals surface area contributed by atoms with E-state index in [1.165, 1.54) is 14.2 Å². The molecule has 17 heavy (non-hydrogen) atoms. The molecule has 0 aliphatic heterocycles. The van der Waals surface area contributed by atoms with E-state index in [-0.39, 0.29) is 4.86 Å². The topological polar surface area (TPSA) is 55.8 Å². The lowest BCUT2D eigenvalue weighted by atomic mass is 10.1. The Balaban J connectivity index is 3.13. The summed E-state index contributed by atoms with van der Waals surface area (Å²) in [5.74, 6) is -0.00899. The molecule has 0 amide bonds. The Morgan fingerprint density at radius 3 is 2.53 bits per heavy atom. The third kappa shape index (κ3) is 3.10. The van der Waals surface area contributed by atoms with Crippen LogP contribution in [0.5, 0.6) is 11.5 Å². The molecule has 0 heterocycles. The number of carboxylic acid groups (broad SMARTS) is 1. The molecule has 0 aliphatic carbocycles. The first-order valence-corrected chi connectivity index (χ1v) is 5.60. The second-order valence-electron chi connectivity index (χ2n) is 3.17. The van der Waals surface area contributed by atoms with Crippen LogP contribution in [0.2, 0.25) is 0 Å². The summed E-state index contributed by atoms with van der Waals surface area (Å²) >= 11 is 9.01. The van der Waals surface area contributed by atoms with Crippen molar-refractivity contribution in [3.63, 3.8) is 0 Å². The molecule has 0 saturated carbocycles. The number of rotatable bonds is 5. The first kappa shape index (κ1) is 13.8. The molecule has 0 aliphatic rings. The highest BCUT2D eigenvalue weighted by Crippen LogP contribution is 2.27. The lowest BCUT2D eigenvalue weighted by Crippen LogP contribution is -2.23. The van der Waals surface area contributed by atoms with E-state index in [1.807, 2.05) is 0 Å². The van der Waals surface area contributed by atoms with E-state index in [0.29, 0.717) is 17.1 Å². The molecule has 0 aromatic heterocycles. The van der Waals surface area contributed by atoms with Gasteiger partial charge >= 0.3 is 5.97 Å². The Hall–Kier alpha value is -1.27. The van der Waals surface area contributed by atoms with Gasteiger partial charge in [0.25, 0.3) is 0 Å². The summed E-state index contributed by atoms with van der Waals surface area (Å²) in [6.07, 6.45) is 0. The molecular formula is C11H12O4S2. The third-order valence-electron chi connectivity index (χ3n) is 2.16. The van der Waals surface area contributed by atoms with Gasteiger partial charge < -0.3 is 14.6 Å². The summed E-state index contributed by atoms with van der Waals surface area (Å²) in [6.45, 7) is 0. The van der Waals surface area contributed by atoms with Gasteiger partial charge in [-0.1, -0.05) is 12.2 Å². The summed E-state index contributed by atoms with van der Waals surface area (Å²) in [7, 11) is 3.01. The number of thiol groups is 1. The van der Waals surface area contributed by atoms with Crippen molar-refractivity contribution >= 4 is 35.7 Å². The highest BCUT2D eigenvalue weighted by Gasteiger charge is 2.22. The van der Waals surface area contributed by atoms with Crippen molar-refractivity contribution in [2.75, 3.05) is 14.2 Å². The van der Waals surface area contributed by atoms with Crippen LogP contribution in [0.15, 0.2) is 18.2 Å². The van der Waals surface area contributed by atoms with E-state index in [1.54, 1.807) is 18.2 Å². The van der Waals surface area contributed by atoms with Gasteiger partial charge in [-0.05, 0) is 12.1 Å². The molecule has 0 saturated heterocycles. The second kappa shape index (κ2) is 5.88. The maximum absolute atomic E-state index is 10.8. The van der Waals surface area contributed by atoms with Crippen molar-refractivity contribution in [1.82, 2.24) is 0 Å². The van der Waals surface area contributed by atoms with Gasteiger partial charge in [0.2, 0.25) is 0 Å². The van der Waals surface area contributed by atoms with E-state index in [4.69, 9.17) is 26.8 Å². The predicted molar refractivity (Wildman–Crippen MR) is 71.7 cm³/mol. The number of hydrogen-bond acceptors (Lipinski definition) is 5. The molecule has 1 aromatic rings. The van der Waals surface area contributed by atoms with Crippen LogP contribution in [-0.2, 0) is 4.79 Å². The fourth-order valence-electron chi connectivity index (χ4n) is 1.26. The molecule has 1 unspecified atom stereocenters. The first-order chi connectivity index (χ1) is 8.01. The largest absolute Gasteiger partial charge is 0.497 e. The fourth-order valence-corrected chi connectivity index (χ4v) is 1.67. The number of benzene rings is 1. The zero-order valence-electron chi connectivity index (χ0n) is 9.34. The van der Waals surface area contributed by atoms with Crippen LogP contribution in [0.3, 0.4) is 0 Å². The van der Waals surface area contributed by atoms with Crippen LogP contribution in [0.25, 0.3) is 0 Å². The van der Waals surface area contributed by atoms with Gasteiger partial charge in [0, 0.05) is 11.6 Å². The standard InChI is InChI=1S/C11H12O4S2/c1-14-6-3-4-7(8(5-6)15-2)9(16)10(17)11(12)13/h3-5,10,17H,1-2H3,(H,12,13). The average molecular weight is 272 g/mol. The molecule has 92 valence electrons. The zero-order chi connectivity index (χ0) is 13.0. The minimum absolute atomic E-state index is 0.209. The Morgan fingerprint density at radius 2 is 2.06 bits per heavy atom. The molecular weight excluding hydrogens is 260 g/mol. The highest BCUT2D eigenvalue weighted by atomic mass is 32.1. The first-order valence-electron chi connectivity index (χ1n) is 4.68. The van der Waals surface area contributed by atoms with Crippen molar-refractivity contribution in [2.24, 2.45) is 0 Å². The lowest BCUT2D eigenvalue weighted by molar-refractivity contribution is -0.135. The Morgan fingerprint density at radius 1 is 1.41 bits per heavy atom. The summed E-state index contributed by atoms with van der Waals surface area (Å²) in [5.41, 5.74) is 0.533. The van der Waals surface area contributed by atoms with Gasteiger partial charge in [0.05, 0.1) is 19.1 Å². The van der Waals surface area contributed by atoms with Crippen molar-refractivity contribution in [3.05, 3.63) is 23.8 Å². The average Bonchev–Trinajstić information content (AvgIpc) is 2.35. The van der Waals surface area contributed by atoms with E-state index in [0.717, 1.165) is 0 Å². The zero-order valence-corrected chi connectivity index (χ0v) is 11.0. The molecule has 1 N–H and O–H groups in total. The number of hydrogen-bond donors (Lipinski definition) is 2. The van der Waals surface area contributed by atoms with Gasteiger partial charge in [0.1, 0.15) is 16.7 Å². The fraction of sp³-hybridized carbons (Fsp3) is 0.273. The third-order valence-corrected chi connectivity index (χ3v) is 3.27. The summed E-state index contributed by atoms with van der Waals surface area (Å²) in [5, 5.41) is 7.81. The number of methoxy groups -OCH3 is 2. The Labute approximate surface area is 110 Å². The van der Waals surface area contributed by atoms with Crippen molar-refractivity contribution in [1.29, 1.82) is 0 Å². The summed E-state index contributed by atoms with van der Waals surface area (Å²) < 4.78 is 10.2. The van der Waals surface area contributed by atoms with Gasteiger partial charge in [-0.2, -0.15) is 12.6 Å². The van der Waals surface area contributed by atoms with Crippen LogP contribution in [0.4, 0.5) is 0 Å². The number of aliphatic carboxylic acids is 1. The summed E-state index contributed by atoms with van der Waals surface area (Å²) in [6, 6.07) is 4.99. The molecule has 1 atom stereocenters. The molecule has 6 heteroatoms. The molecule has 0 radical (unpaired) electrons. The van der Waals surface area contributed by atoms with Crippen molar-refractivity contribution in [2.45, 2.75) is 5.25 Å². The minimum Gasteiger partial charge on any atom is -0.497 e. The maximum atomic E-state index is 10.8. The van der Waals surface area contributed by atoms with E-state index < -0.39 is 11.2 Å². The molecule has 0 spiro atoms.